The molecule has 5 nitrogen and oxygen atoms in total. The molecule has 0 spiro atoms. The van der Waals surface area contributed by atoms with E-state index in [1.54, 1.807) is 24.3 Å². The first-order valence-electron chi connectivity index (χ1n) is 7.74. The quantitative estimate of drug-likeness (QED) is 0.514. The van der Waals surface area contributed by atoms with Crippen LogP contribution in [0, 0.1) is 0 Å². The van der Waals surface area contributed by atoms with Crippen molar-refractivity contribution in [1.29, 1.82) is 0 Å². The van der Waals surface area contributed by atoms with Gasteiger partial charge in [0, 0.05) is 12.1 Å². The van der Waals surface area contributed by atoms with Crippen molar-refractivity contribution in [3.63, 3.8) is 0 Å². The summed E-state index contributed by atoms with van der Waals surface area (Å²) in [5, 5.41) is 2.92. The third kappa shape index (κ3) is 4.06. The fourth-order valence-electron chi connectivity index (χ4n) is 2.24. The molecule has 122 valence electrons. The van der Waals surface area contributed by atoms with Gasteiger partial charge in [-0.3, -0.25) is 9.59 Å². The highest BCUT2D eigenvalue weighted by atomic mass is 16.5. The van der Waals surface area contributed by atoms with Crippen LogP contribution in [0.3, 0.4) is 0 Å². The van der Waals surface area contributed by atoms with Crippen molar-refractivity contribution >= 4 is 23.2 Å². The number of carbonyl (C=O) groups is 3. The standard InChI is InChI=1S/C18H21NO4/c1-4-12(3)23-18(22)13-6-8-14(9-7-13)19-16-15(20)10-5-11(2)17(16)21/h6-9,12,16,19H,2,4-5,10H2,1,3H3. The minimum Gasteiger partial charge on any atom is -0.459 e. The molecular weight excluding hydrogens is 294 g/mol. The second kappa shape index (κ2) is 7.22. The van der Waals surface area contributed by atoms with Crippen LogP contribution in [0.15, 0.2) is 36.4 Å². The summed E-state index contributed by atoms with van der Waals surface area (Å²) in [6.45, 7) is 7.47. The van der Waals surface area contributed by atoms with Gasteiger partial charge in [0.15, 0.2) is 11.6 Å². The van der Waals surface area contributed by atoms with E-state index in [1.165, 1.54) is 0 Å². The van der Waals surface area contributed by atoms with Gasteiger partial charge in [-0.15, -0.1) is 0 Å². The maximum absolute atomic E-state index is 12.0. The summed E-state index contributed by atoms with van der Waals surface area (Å²) in [6, 6.07) is 5.66. The van der Waals surface area contributed by atoms with Crippen LogP contribution < -0.4 is 5.32 Å². The predicted molar refractivity (Wildman–Crippen MR) is 87.4 cm³/mol. The van der Waals surface area contributed by atoms with Crippen LogP contribution in [0.5, 0.6) is 0 Å². The Kier molecular flexibility index (Phi) is 5.32. The van der Waals surface area contributed by atoms with Crippen LogP contribution in [0.4, 0.5) is 5.69 Å². The number of Topliss-reactive ketones (excluding diaryl/α,β-unsaturated/α-hetero) is 2. The van der Waals surface area contributed by atoms with Gasteiger partial charge >= 0.3 is 5.97 Å². The predicted octanol–water partition coefficient (Wildman–Crippen LogP) is 2.91. The molecule has 2 rings (SSSR count). The summed E-state index contributed by atoms with van der Waals surface area (Å²) in [6.07, 6.45) is 1.36. The van der Waals surface area contributed by atoms with Crippen LogP contribution >= 0.6 is 0 Å². The summed E-state index contributed by atoms with van der Waals surface area (Å²) < 4.78 is 5.24. The summed E-state index contributed by atoms with van der Waals surface area (Å²) >= 11 is 0. The number of carbonyl (C=O) groups excluding carboxylic acids is 3. The van der Waals surface area contributed by atoms with Crippen molar-refractivity contribution in [2.45, 2.75) is 45.3 Å². The maximum Gasteiger partial charge on any atom is 0.338 e. The molecule has 5 heteroatoms. The second-order valence-electron chi connectivity index (χ2n) is 5.71. The number of ketones is 2. The number of ether oxygens (including phenoxy) is 1. The molecule has 1 fully saturated rings. The van der Waals surface area contributed by atoms with E-state index in [0.717, 1.165) is 6.42 Å². The van der Waals surface area contributed by atoms with Gasteiger partial charge in [0.2, 0.25) is 0 Å². The molecule has 1 aliphatic rings. The first-order chi connectivity index (χ1) is 10.9. The molecule has 1 saturated carbocycles. The Hall–Kier alpha value is -2.43. The van der Waals surface area contributed by atoms with Gasteiger partial charge in [-0.1, -0.05) is 13.5 Å². The van der Waals surface area contributed by atoms with Crippen LogP contribution in [0.1, 0.15) is 43.5 Å². The van der Waals surface area contributed by atoms with Crippen LogP contribution in [0.2, 0.25) is 0 Å². The maximum atomic E-state index is 12.0. The van der Waals surface area contributed by atoms with Crippen molar-refractivity contribution in [3.8, 4) is 0 Å². The number of rotatable bonds is 5. The SMILES string of the molecule is C=C1CCC(=O)C(Nc2ccc(C(=O)OC(C)CC)cc2)C1=O. The lowest BCUT2D eigenvalue weighted by molar-refractivity contribution is -0.128. The molecule has 0 bridgehead atoms. The second-order valence-corrected chi connectivity index (χ2v) is 5.71. The Balaban J connectivity index is 2.05. The van der Waals surface area contributed by atoms with Crippen molar-refractivity contribution in [2.75, 3.05) is 5.32 Å². The zero-order valence-electron chi connectivity index (χ0n) is 13.4. The van der Waals surface area contributed by atoms with E-state index in [0.29, 0.717) is 29.7 Å². The number of esters is 1. The number of nitrogens with one attached hydrogen (secondary N) is 1. The fraction of sp³-hybridized carbons (Fsp3) is 0.389. The molecule has 0 aromatic heterocycles. The molecule has 1 N–H and O–H groups in total. The normalized spacial score (nSPS) is 19.4. The molecule has 0 amide bonds. The molecule has 23 heavy (non-hydrogen) atoms. The first-order valence-corrected chi connectivity index (χ1v) is 7.74. The van der Waals surface area contributed by atoms with Gasteiger partial charge in [-0.05, 0) is 49.6 Å². The zero-order chi connectivity index (χ0) is 17.0. The average molecular weight is 315 g/mol. The van der Waals surface area contributed by atoms with Crippen molar-refractivity contribution in [3.05, 3.63) is 42.0 Å². The van der Waals surface area contributed by atoms with Gasteiger partial charge < -0.3 is 10.1 Å². The van der Waals surface area contributed by atoms with Crippen molar-refractivity contribution in [1.82, 2.24) is 0 Å². The molecule has 0 aliphatic heterocycles. The van der Waals surface area contributed by atoms with Gasteiger partial charge in [0.05, 0.1) is 11.7 Å². The van der Waals surface area contributed by atoms with E-state index in [1.807, 2.05) is 13.8 Å². The Morgan fingerprint density at radius 3 is 2.57 bits per heavy atom. The fourth-order valence-corrected chi connectivity index (χ4v) is 2.24. The third-order valence-corrected chi connectivity index (χ3v) is 3.92. The molecule has 1 aliphatic carbocycles. The van der Waals surface area contributed by atoms with Crippen LogP contribution in [-0.4, -0.2) is 29.7 Å². The van der Waals surface area contributed by atoms with E-state index in [-0.39, 0.29) is 23.6 Å². The van der Waals surface area contributed by atoms with Gasteiger partial charge in [0.1, 0.15) is 6.04 Å². The Morgan fingerprint density at radius 1 is 1.30 bits per heavy atom. The number of hydrogen-bond acceptors (Lipinski definition) is 5. The van der Waals surface area contributed by atoms with Crippen molar-refractivity contribution < 1.29 is 19.1 Å². The van der Waals surface area contributed by atoms with E-state index in [4.69, 9.17) is 4.74 Å². The van der Waals surface area contributed by atoms with Crippen molar-refractivity contribution in [2.24, 2.45) is 0 Å². The molecule has 0 heterocycles. The lowest BCUT2D eigenvalue weighted by Crippen LogP contribution is -2.41. The van der Waals surface area contributed by atoms with E-state index in [2.05, 4.69) is 11.9 Å². The monoisotopic (exact) mass is 315 g/mol. The van der Waals surface area contributed by atoms with Gasteiger partial charge in [-0.2, -0.15) is 0 Å². The lowest BCUT2D eigenvalue weighted by atomic mass is 9.89. The van der Waals surface area contributed by atoms with Crippen LogP contribution in [0.25, 0.3) is 0 Å². The smallest absolute Gasteiger partial charge is 0.338 e. The first kappa shape index (κ1) is 16.9. The minimum atomic E-state index is -0.880. The molecule has 0 radical (unpaired) electrons. The van der Waals surface area contributed by atoms with Gasteiger partial charge in [0.25, 0.3) is 0 Å². The molecule has 2 atom stereocenters. The van der Waals surface area contributed by atoms with E-state index >= 15 is 0 Å². The minimum absolute atomic E-state index is 0.135. The van der Waals surface area contributed by atoms with E-state index < -0.39 is 6.04 Å². The van der Waals surface area contributed by atoms with Crippen LogP contribution in [-0.2, 0) is 14.3 Å². The Labute approximate surface area is 135 Å². The number of anilines is 1. The molecule has 1 aromatic carbocycles. The summed E-state index contributed by atoms with van der Waals surface area (Å²) in [5.74, 6) is -0.784. The molecule has 2 unspecified atom stereocenters. The summed E-state index contributed by atoms with van der Waals surface area (Å²) in [5.41, 5.74) is 1.50. The lowest BCUT2D eigenvalue weighted by Gasteiger charge is -2.23. The highest BCUT2D eigenvalue weighted by molar-refractivity contribution is 6.17. The number of benzene rings is 1. The zero-order valence-corrected chi connectivity index (χ0v) is 13.4. The molecule has 0 saturated heterocycles. The number of hydrogen-bond donors (Lipinski definition) is 1. The highest BCUT2D eigenvalue weighted by Crippen LogP contribution is 2.20. The Bertz CT molecular complexity index is 633. The topological polar surface area (TPSA) is 72.5 Å². The average Bonchev–Trinajstić information content (AvgIpc) is 2.55. The summed E-state index contributed by atoms with van der Waals surface area (Å²) in [7, 11) is 0. The van der Waals surface area contributed by atoms with E-state index in [9.17, 15) is 14.4 Å². The Morgan fingerprint density at radius 2 is 1.96 bits per heavy atom. The third-order valence-electron chi connectivity index (χ3n) is 3.92. The largest absolute Gasteiger partial charge is 0.459 e. The van der Waals surface area contributed by atoms with Gasteiger partial charge in [-0.25, -0.2) is 4.79 Å². The molecular formula is C18H21NO4. The highest BCUT2D eigenvalue weighted by Gasteiger charge is 2.32. The summed E-state index contributed by atoms with van der Waals surface area (Å²) in [4.78, 5) is 35.8. The molecule has 1 aromatic rings.